The molecule has 1 unspecified atom stereocenters. The van der Waals surface area contributed by atoms with Crippen LogP contribution >= 0.6 is 0 Å². The molecule has 1 aromatic carbocycles. The highest BCUT2D eigenvalue weighted by molar-refractivity contribution is 5.84. The summed E-state index contributed by atoms with van der Waals surface area (Å²) in [5, 5.41) is 0. The Labute approximate surface area is 125 Å². The molecule has 0 bridgehead atoms. The van der Waals surface area contributed by atoms with E-state index in [-0.39, 0.29) is 18.6 Å². The minimum absolute atomic E-state index is 0.0236. The van der Waals surface area contributed by atoms with Crippen LogP contribution in [0.3, 0.4) is 0 Å². The van der Waals surface area contributed by atoms with Gasteiger partial charge in [0.1, 0.15) is 12.4 Å². The van der Waals surface area contributed by atoms with Gasteiger partial charge in [-0.1, -0.05) is 43.2 Å². The molecule has 4 nitrogen and oxygen atoms in total. The number of amides is 1. The number of carbonyl (C=O) groups excluding carboxylic acids is 2. The number of piperidine rings is 1. The van der Waals surface area contributed by atoms with Gasteiger partial charge in [-0.2, -0.15) is 0 Å². The maximum Gasteiger partial charge on any atom is 0.410 e. The van der Waals surface area contributed by atoms with E-state index in [0.29, 0.717) is 31.2 Å². The fourth-order valence-electron chi connectivity index (χ4n) is 2.85. The maximum atomic E-state index is 12.1. The van der Waals surface area contributed by atoms with Gasteiger partial charge in [0, 0.05) is 25.4 Å². The number of hydrogen-bond donors (Lipinski definition) is 0. The third-order valence-corrected chi connectivity index (χ3v) is 4.30. The van der Waals surface area contributed by atoms with Crippen molar-refractivity contribution in [2.24, 2.45) is 11.8 Å². The van der Waals surface area contributed by atoms with Crippen molar-refractivity contribution >= 4 is 11.9 Å². The first-order chi connectivity index (χ1) is 10.2. The third kappa shape index (κ3) is 3.84. The number of likely N-dealkylation sites (tertiary alicyclic amines) is 1. The van der Waals surface area contributed by atoms with E-state index in [2.05, 4.69) is 0 Å². The lowest BCUT2D eigenvalue weighted by molar-refractivity contribution is -0.126. The standard InChI is InChI=1S/C17H21NO3/c19-16-8-9-18(11-15(16)10-13-6-7-13)17(20)21-12-14-4-2-1-3-5-14/h1-5,13,15H,6-12H2. The fourth-order valence-corrected chi connectivity index (χ4v) is 2.85. The van der Waals surface area contributed by atoms with Gasteiger partial charge in [-0.05, 0) is 17.9 Å². The maximum absolute atomic E-state index is 12.1. The van der Waals surface area contributed by atoms with Gasteiger partial charge in [0.2, 0.25) is 0 Å². The van der Waals surface area contributed by atoms with E-state index in [4.69, 9.17) is 4.74 Å². The number of ketones is 1. The van der Waals surface area contributed by atoms with E-state index >= 15 is 0 Å². The summed E-state index contributed by atoms with van der Waals surface area (Å²) in [5.74, 6) is 1.05. The van der Waals surface area contributed by atoms with Crippen LogP contribution in [0.1, 0.15) is 31.2 Å². The van der Waals surface area contributed by atoms with E-state index in [9.17, 15) is 9.59 Å². The van der Waals surface area contributed by atoms with Crippen LogP contribution in [0.2, 0.25) is 0 Å². The van der Waals surface area contributed by atoms with Crippen LogP contribution in [0, 0.1) is 11.8 Å². The molecule has 1 aliphatic heterocycles. The lowest BCUT2D eigenvalue weighted by Crippen LogP contribution is -2.44. The Balaban J connectivity index is 1.50. The van der Waals surface area contributed by atoms with Crippen LogP contribution in [0.5, 0.6) is 0 Å². The molecule has 0 radical (unpaired) electrons. The number of ether oxygens (including phenoxy) is 1. The molecule has 2 fully saturated rings. The summed E-state index contributed by atoms with van der Waals surface area (Å²) in [5.41, 5.74) is 0.980. The number of Topliss-reactive ketones (excluding diaryl/α,β-unsaturated/α-hetero) is 1. The second-order valence-corrected chi connectivity index (χ2v) is 6.08. The Morgan fingerprint density at radius 1 is 1.24 bits per heavy atom. The normalized spacial score (nSPS) is 22.2. The van der Waals surface area contributed by atoms with Gasteiger partial charge < -0.3 is 9.64 Å². The first kappa shape index (κ1) is 14.1. The average Bonchev–Trinajstić information content (AvgIpc) is 3.32. The fraction of sp³-hybridized carbons (Fsp3) is 0.529. The molecule has 1 saturated heterocycles. The third-order valence-electron chi connectivity index (χ3n) is 4.30. The zero-order valence-corrected chi connectivity index (χ0v) is 12.2. The van der Waals surface area contributed by atoms with Gasteiger partial charge >= 0.3 is 6.09 Å². The van der Waals surface area contributed by atoms with E-state index in [1.165, 1.54) is 12.8 Å². The summed E-state index contributed by atoms with van der Waals surface area (Å²) in [7, 11) is 0. The SMILES string of the molecule is O=C1CCN(C(=O)OCc2ccccc2)CC1CC1CC1. The topological polar surface area (TPSA) is 46.6 Å². The van der Waals surface area contributed by atoms with Crippen molar-refractivity contribution in [1.82, 2.24) is 4.90 Å². The largest absolute Gasteiger partial charge is 0.445 e. The summed E-state index contributed by atoms with van der Waals surface area (Å²) < 4.78 is 5.35. The molecular formula is C17H21NO3. The van der Waals surface area contributed by atoms with Crippen molar-refractivity contribution < 1.29 is 14.3 Å². The molecule has 1 atom stereocenters. The van der Waals surface area contributed by atoms with Gasteiger partial charge in [-0.15, -0.1) is 0 Å². The van der Waals surface area contributed by atoms with Crippen molar-refractivity contribution in [3.63, 3.8) is 0 Å². The molecule has 0 N–H and O–H groups in total. The Kier molecular flexibility index (Phi) is 4.23. The quantitative estimate of drug-likeness (QED) is 0.855. The zero-order valence-electron chi connectivity index (χ0n) is 12.2. The van der Waals surface area contributed by atoms with E-state index in [1.807, 2.05) is 30.3 Å². The van der Waals surface area contributed by atoms with Crippen molar-refractivity contribution in [1.29, 1.82) is 0 Å². The highest BCUT2D eigenvalue weighted by Gasteiger charge is 2.34. The summed E-state index contributed by atoms with van der Waals surface area (Å²) in [4.78, 5) is 25.7. The highest BCUT2D eigenvalue weighted by Crippen LogP contribution is 2.36. The van der Waals surface area contributed by atoms with Crippen LogP contribution in [0.4, 0.5) is 4.79 Å². The van der Waals surface area contributed by atoms with Crippen LogP contribution in [0.25, 0.3) is 0 Å². The Hall–Kier alpha value is -1.84. The Morgan fingerprint density at radius 2 is 2.00 bits per heavy atom. The molecule has 1 aliphatic carbocycles. The van der Waals surface area contributed by atoms with Gasteiger partial charge in [-0.25, -0.2) is 4.79 Å². The van der Waals surface area contributed by atoms with Crippen LogP contribution in [0.15, 0.2) is 30.3 Å². The molecule has 21 heavy (non-hydrogen) atoms. The lowest BCUT2D eigenvalue weighted by Gasteiger charge is -2.31. The number of rotatable bonds is 4. The van der Waals surface area contributed by atoms with Crippen molar-refractivity contribution in [2.45, 2.75) is 32.3 Å². The molecule has 1 amide bonds. The first-order valence-corrected chi connectivity index (χ1v) is 7.70. The lowest BCUT2D eigenvalue weighted by atomic mass is 9.91. The van der Waals surface area contributed by atoms with Gasteiger partial charge in [0.15, 0.2) is 0 Å². The molecule has 2 aliphatic rings. The van der Waals surface area contributed by atoms with Crippen molar-refractivity contribution in [2.75, 3.05) is 13.1 Å². The molecule has 3 rings (SSSR count). The molecule has 112 valence electrons. The molecule has 4 heteroatoms. The van der Waals surface area contributed by atoms with Crippen LogP contribution in [-0.4, -0.2) is 29.9 Å². The second-order valence-electron chi connectivity index (χ2n) is 6.08. The van der Waals surface area contributed by atoms with Crippen LogP contribution < -0.4 is 0 Å². The predicted molar refractivity (Wildman–Crippen MR) is 78.7 cm³/mol. The number of benzene rings is 1. The minimum Gasteiger partial charge on any atom is -0.445 e. The number of carbonyl (C=O) groups is 2. The molecule has 1 aromatic rings. The first-order valence-electron chi connectivity index (χ1n) is 7.70. The minimum atomic E-state index is -0.299. The average molecular weight is 287 g/mol. The summed E-state index contributed by atoms with van der Waals surface area (Å²) in [6.07, 6.45) is 3.59. The van der Waals surface area contributed by atoms with Crippen molar-refractivity contribution in [3.8, 4) is 0 Å². The predicted octanol–water partition coefficient (Wildman–Crippen LogP) is 3.01. The highest BCUT2D eigenvalue weighted by atomic mass is 16.6. The van der Waals surface area contributed by atoms with E-state index in [1.54, 1.807) is 4.90 Å². The monoisotopic (exact) mass is 287 g/mol. The molecule has 1 heterocycles. The molecular weight excluding hydrogens is 266 g/mol. The van der Waals surface area contributed by atoms with Gasteiger partial charge in [-0.3, -0.25) is 4.79 Å². The van der Waals surface area contributed by atoms with E-state index in [0.717, 1.165) is 12.0 Å². The molecule has 1 saturated carbocycles. The second kappa shape index (κ2) is 6.29. The number of nitrogens with zero attached hydrogens (tertiary/aromatic N) is 1. The van der Waals surface area contributed by atoms with Crippen molar-refractivity contribution in [3.05, 3.63) is 35.9 Å². The smallest absolute Gasteiger partial charge is 0.410 e. The Morgan fingerprint density at radius 3 is 2.71 bits per heavy atom. The summed E-state index contributed by atoms with van der Waals surface area (Å²) in [6, 6.07) is 9.65. The van der Waals surface area contributed by atoms with Gasteiger partial charge in [0.25, 0.3) is 0 Å². The summed E-state index contributed by atoms with van der Waals surface area (Å²) in [6.45, 7) is 1.31. The summed E-state index contributed by atoms with van der Waals surface area (Å²) >= 11 is 0. The molecule has 0 spiro atoms. The Bertz CT molecular complexity index is 510. The molecule has 0 aromatic heterocycles. The number of hydrogen-bond acceptors (Lipinski definition) is 3. The van der Waals surface area contributed by atoms with Crippen LogP contribution in [-0.2, 0) is 16.1 Å². The van der Waals surface area contributed by atoms with E-state index < -0.39 is 0 Å². The zero-order chi connectivity index (χ0) is 14.7. The van der Waals surface area contributed by atoms with Gasteiger partial charge in [0.05, 0.1) is 0 Å².